The lowest BCUT2D eigenvalue weighted by molar-refractivity contribution is 0.204. The molecule has 0 radical (unpaired) electrons. The lowest BCUT2D eigenvalue weighted by Crippen LogP contribution is -2.28. The number of fused-ring (bicyclic) bond motifs is 1. The maximum atomic E-state index is 9.53. The maximum absolute atomic E-state index is 9.53. The summed E-state index contributed by atoms with van der Waals surface area (Å²) in [6, 6.07) is 3.36. The van der Waals surface area contributed by atoms with E-state index in [-0.39, 0.29) is 12.7 Å². The van der Waals surface area contributed by atoms with Crippen LogP contribution in [0.25, 0.3) is 0 Å². The SMILES string of the molecule is CC1OB(O)c2cc(Cl)cc(CO)c21. The number of aliphatic hydroxyl groups is 1. The highest BCUT2D eigenvalue weighted by atomic mass is 35.5. The summed E-state index contributed by atoms with van der Waals surface area (Å²) < 4.78 is 5.21. The van der Waals surface area contributed by atoms with Crippen LogP contribution in [0.3, 0.4) is 0 Å². The molecule has 0 saturated heterocycles. The number of rotatable bonds is 1. The van der Waals surface area contributed by atoms with Crippen molar-refractivity contribution < 1.29 is 14.8 Å². The molecule has 0 aliphatic carbocycles. The lowest BCUT2D eigenvalue weighted by Gasteiger charge is -2.09. The molecule has 1 unspecified atom stereocenters. The van der Waals surface area contributed by atoms with E-state index >= 15 is 0 Å². The fourth-order valence-electron chi connectivity index (χ4n) is 1.86. The summed E-state index contributed by atoms with van der Waals surface area (Å²) in [4.78, 5) is 0. The van der Waals surface area contributed by atoms with Crippen molar-refractivity contribution >= 4 is 24.2 Å². The van der Waals surface area contributed by atoms with Crippen LogP contribution < -0.4 is 5.46 Å². The molecule has 74 valence electrons. The van der Waals surface area contributed by atoms with Gasteiger partial charge < -0.3 is 14.8 Å². The van der Waals surface area contributed by atoms with E-state index in [2.05, 4.69) is 0 Å². The predicted molar refractivity (Wildman–Crippen MR) is 54.5 cm³/mol. The highest BCUT2D eigenvalue weighted by molar-refractivity contribution is 6.62. The van der Waals surface area contributed by atoms with Crippen molar-refractivity contribution in [3.8, 4) is 0 Å². The van der Waals surface area contributed by atoms with E-state index in [1.54, 1.807) is 12.1 Å². The largest absolute Gasteiger partial charge is 0.492 e. The Morgan fingerprint density at radius 1 is 1.57 bits per heavy atom. The van der Waals surface area contributed by atoms with Crippen molar-refractivity contribution in [2.75, 3.05) is 0 Å². The van der Waals surface area contributed by atoms with Crippen LogP contribution in [0, 0.1) is 0 Å². The van der Waals surface area contributed by atoms with Crippen LogP contribution in [0.4, 0.5) is 0 Å². The molecule has 1 aromatic carbocycles. The summed E-state index contributed by atoms with van der Waals surface area (Å²) in [5.41, 5.74) is 2.23. The quantitative estimate of drug-likeness (QED) is 0.671. The zero-order valence-corrected chi connectivity index (χ0v) is 8.45. The van der Waals surface area contributed by atoms with Crippen LogP contribution >= 0.6 is 11.6 Å². The first-order valence-electron chi connectivity index (χ1n) is 4.40. The molecule has 0 saturated carbocycles. The Hall–Kier alpha value is -0.545. The molecule has 5 heteroatoms. The van der Waals surface area contributed by atoms with Crippen LogP contribution in [0.1, 0.15) is 24.2 Å². The highest BCUT2D eigenvalue weighted by Crippen LogP contribution is 2.28. The van der Waals surface area contributed by atoms with E-state index in [0.29, 0.717) is 10.5 Å². The monoisotopic (exact) mass is 212 g/mol. The second-order valence-corrected chi connectivity index (χ2v) is 3.79. The first kappa shape index (κ1) is 9.99. The van der Waals surface area contributed by atoms with Crippen molar-refractivity contribution in [3.63, 3.8) is 0 Å². The van der Waals surface area contributed by atoms with Crippen LogP contribution in [0.2, 0.25) is 5.02 Å². The minimum atomic E-state index is -0.927. The summed E-state index contributed by atoms with van der Waals surface area (Å²) in [6.45, 7) is 1.74. The van der Waals surface area contributed by atoms with Gasteiger partial charge in [-0.15, -0.1) is 0 Å². The van der Waals surface area contributed by atoms with Gasteiger partial charge in [0.25, 0.3) is 0 Å². The smallest absolute Gasteiger partial charge is 0.423 e. The van der Waals surface area contributed by atoms with Crippen molar-refractivity contribution in [2.45, 2.75) is 19.6 Å². The first-order chi connectivity index (χ1) is 6.63. The zero-order valence-electron chi connectivity index (χ0n) is 7.70. The second kappa shape index (κ2) is 3.55. The third-order valence-electron chi connectivity index (χ3n) is 2.44. The van der Waals surface area contributed by atoms with E-state index in [9.17, 15) is 5.02 Å². The third-order valence-corrected chi connectivity index (χ3v) is 2.66. The molecular formula is C9H10BClO3. The molecule has 1 atom stereocenters. The molecule has 3 nitrogen and oxygen atoms in total. The molecule has 0 aromatic heterocycles. The van der Waals surface area contributed by atoms with Crippen molar-refractivity contribution in [3.05, 3.63) is 28.3 Å². The molecule has 14 heavy (non-hydrogen) atoms. The van der Waals surface area contributed by atoms with Gasteiger partial charge in [-0.3, -0.25) is 0 Å². The summed E-state index contributed by atoms with van der Waals surface area (Å²) >= 11 is 5.84. The summed E-state index contributed by atoms with van der Waals surface area (Å²) in [5.74, 6) is 0. The van der Waals surface area contributed by atoms with Gasteiger partial charge in [0.05, 0.1) is 12.7 Å². The van der Waals surface area contributed by atoms with E-state index < -0.39 is 7.12 Å². The summed E-state index contributed by atoms with van der Waals surface area (Å²) in [5, 5.41) is 19.2. The number of benzene rings is 1. The predicted octanol–water partition coefficient (Wildman–Crippen LogP) is 0.611. The van der Waals surface area contributed by atoms with Crippen molar-refractivity contribution in [2.24, 2.45) is 0 Å². The standard InChI is InChI=1S/C9H10BClO3/c1-5-9-6(4-12)2-7(11)3-8(9)10(13)14-5/h2-3,5,12-13H,4H2,1H3. The molecule has 1 aliphatic rings. The Kier molecular flexibility index (Phi) is 2.53. The molecule has 1 aromatic rings. The molecule has 0 fully saturated rings. The maximum Gasteiger partial charge on any atom is 0.492 e. The Morgan fingerprint density at radius 2 is 2.29 bits per heavy atom. The minimum absolute atomic E-state index is 0.0939. The molecule has 1 aliphatic heterocycles. The molecular weight excluding hydrogens is 202 g/mol. The van der Waals surface area contributed by atoms with Gasteiger partial charge >= 0.3 is 7.12 Å². The van der Waals surface area contributed by atoms with Gasteiger partial charge in [0.15, 0.2) is 0 Å². The molecule has 2 rings (SSSR count). The fraction of sp³-hybridized carbons (Fsp3) is 0.333. The van der Waals surface area contributed by atoms with Gasteiger partial charge in [-0.05, 0) is 35.6 Å². The molecule has 0 spiro atoms. The third kappa shape index (κ3) is 1.44. The van der Waals surface area contributed by atoms with Crippen molar-refractivity contribution in [1.29, 1.82) is 0 Å². The van der Waals surface area contributed by atoms with E-state index in [1.807, 2.05) is 6.92 Å². The van der Waals surface area contributed by atoms with Gasteiger partial charge in [0.1, 0.15) is 0 Å². The second-order valence-electron chi connectivity index (χ2n) is 3.36. The Balaban J connectivity index is 2.60. The number of halogens is 1. The normalized spacial score (nSPS) is 20.0. The fourth-order valence-corrected chi connectivity index (χ4v) is 2.11. The Bertz CT molecular complexity index is 369. The average molecular weight is 212 g/mol. The van der Waals surface area contributed by atoms with Crippen LogP contribution in [0.15, 0.2) is 12.1 Å². The minimum Gasteiger partial charge on any atom is -0.423 e. The number of aliphatic hydroxyl groups excluding tert-OH is 1. The molecule has 1 heterocycles. The summed E-state index contributed by atoms with van der Waals surface area (Å²) in [6.07, 6.45) is -0.195. The topological polar surface area (TPSA) is 49.7 Å². The van der Waals surface area contributed by atoms with Gasteiger partial charge in [-0.25, -0.2) is 0 Å². The average Bonchev–Trinajstić information content (AvgIpc) is 2.41. The van der Waals surface area contributed by atoms with Gasteiger partial charge in [0.2, 0.25) is 0 Å². The van der Waals surface area contributed by atoms with E-state index in [4.69, 9.17) is 21.4 Å². The number of hydrogen-bond acceptors (Lipinski definition) is 3. The van der Waals surface area contributed by atoms with Gasteiger partial charge in [0, 0.05) is 5.02 Å². The van der Waals surface area contributed by atoms with Crippen LogP contribution in [-0.2, 0) is 11.3 Å². The van der Waals surface area contributed by atoms with Crippen LogP contribution in [-0.4, -0.2) is 17.2 Å². The van der Waals surface area contributed by atoms with Gasteiger partial charge in [-0.1, -0.05) is 11.6 Å². The molecule has 0 amide bonds. The van der Waals surface area contributed by atoms with Crippen LogP contribution in [0.5, 0.6) is 0 Å². The first-order valence-corrected chi connectivity index (χ1v) is 4.78. The Labute approximate surface area is 87.4 Å². The highest BCUT2D eigenvalue weighted by Gasteiger charge is 2.34. The molecule has 0 bridgehead atoms. The van der Waals surface area contributed by atoms with E-state index in [1.165, 1.54) is 0 Å². The van der Waals surface area contributed by atoms with Gasteiger partial charge in [-0.2, -0.15) is 0 Å². The Morgan fingerprint density at radius 3 is 2.93 bits per heavy atom. The van der Waals surface area contributed by atoms with Crippen molar-refractivity contribution in [1.82, 2.24) is 0 Å². The number of hydrogen-bond donors (Lipinski definition) is 2. The van der Waals surface area contributed by atoms with E-state index in [0.717, 1.165) is 11.1 Å². The summed E-state index contributed by atoms with van der Waals surface area (Å²) in [7, 11) is -0.927. The molecule has 2 N–H and O–H groups in total. The lowest BCUT2D eigenvalue weighted by atomic mass is 9.78. The zero-order chi connectivity index (χ0) is 10.3.